The molecule has 0 amide bonds. The summed E-state index contributed by atoms with van der Waals surface area (Å²) >= 11 is 1.50. The van der Waals surface area contributed by atoms with E-state index in [0.29, 0.717) is 5.65 Å². The first-order valence-electron chi connectivity index (χ1n) is 6.15. The molecule has 0 aromatic carbocycles. The first-order chi connectivity index (χ1) is 9.67. The Hall–Kier alpha value is -1.19. The minimum atomic E-state index is -1.12. The Morgan fingerprint density at radius 3 is 2.80 bits per heavy atom. The van der Waals surface area contributed by atoms with E-state index in [1.165, 1.54) is 18.1 Å². The SMILES string of the molecule is CSc1ncnc2c1ccn2[C@@H]1O[C@@H](CO)[C@@H](O)[C@@H]1O. The molecule has 0 spiro atoms. The van der Waals surface area contributed by atoms with Crippen molar-refractivity contribution in [3.05, 3.63) is 18.6 Å². The molecule has 2 aromatic heterocycles. The molecule has 0 bridgehead atoms. The van der Waals surface area contributed by atoms with Crippen molar-refractivity contribution in [1.29, 1.82) is 0 Å². The van der Waals surface area contributed by atoms with Crippen LogP contribution in [0.15, 0.2) is 23.6 Å². The first kappa shape index (κ1) is 13.8. The van der Waals surface area contributed by atoms with Gasteiger partial charge in [-0.2, -0.15) is 0 Å². The number of rotatable bonds is 3. The lowest BCUT2D eigenvalue weighted by molar-refractivity contribution is -0.0508. The van der Waals surface area contributed by atoms with Gasteiger partial charge in [0.15, 0.2) is 6.23 Å². The van der Waals surface area contributed by atoms with Crippen LogP contribution < -0.4 is 0 Å². The lowest BCUT2D eigenvalue weighted by Gasteiger charge is -2.17. The van der Waals surface area contributed by atoms with Gasteiger partial charge in [-0.25, -0.2) is 9.97 Å². The fraction of sp³-hybridized carbons (Fsp3) is 0.500. The highest BCUT2D eigenvalue weighted by Gasteiger charge is 2.43. The molecule has 1 saturated heterocycles. The third-order valence-electron chi connectivity index (χ3n) is 3.46. The van der Waals surface area contributed by atoms with Crippen molar-refractivity contribution in [2.24, 2.45) is 0 Å². The number of aliphatic hydroxyl groups is 3. The second kappa shape index (κ2) is 5.30. The maximum atomic E-state index is 10.1. The average molecular weight is 297 g/mol. The molecule has 0 aliphatic carbocycles. The maximum Gasteiger partial charge on any atom is 0.164 e. The van der Waals surface area contributed by atoms with E-state index in [-0.39, 0.29) is 6.61 Å². The topological polar surface area (TPSA) is 101 Å². The first-order valence-corrected chi connectivity index (χ1v) is 7.38. The summed E-state index contributed by atoms with van der Waals surface area (Å²) in [6.07, 6.45) is 1.30. The highest BCUT2D eigenvalue weighted by molar-refractivity contribution is 7.98. The molecule has 2 aromatic rings. The van der Waals surface area contributed by atoms with Gasteiger partial charge >= 0.3 is 0 Å². The van der Waals surface area contributed by atoms with Crippen LogP contribution in [-0.4, -0.2) is 61.0 Å². The second-order valence-electron chi connectivity index (χ2n) is 4.57. The summed E-state index contributed by atoms with van der Waals surface area (Å²) in [5.41, 5.74) is 0.624. The minimum Gasteiger partial charge on any atom is -0.394 e. The number of ether oxygens (including phenoxy) is 1. The Bertz CT molecular complexity index is 620. The van der Waals surface area contributed by atoms with Gasteiger partial charge in [0, 0.05) is 6.20 Å². The van der Waals surface area contributed by atoms with Crippen LogP contribution in [0.2, 0.25) is 0 Å². The Morgan fingerprint density at radius 1 is 1.35 bits per heavy atom. The predicted molar refractivity (Wildman–Crippen MR) is 72.3 cm³/mol. The summed E-state index contributed by atoms with van der Waals surface area (Å²) in [5, 5.41) is 30.7. The van der Waals surface area contributed by atoms with Gasteiger partial charge in [-0.3, -0.25) is 0 Å². The minimum absolute atomic E-state index is 0.348. The van der Waals surface area contributed by atoms with Crippen molar-refractivity contribution in [3.8, 4) is 0 Å². The Labute approximate surface area is 119 Å². The summed E-state index contributed by atoms with van der Waals surface area (Å²) in [6.45, 7) is -0.348. The number of thioether (sulfide) groups is 1. The largest absolute Gasteiger partial charge is 0.394 e. The van der Waals surface area contributed by atoms with Crippen molar-refractivity contribution in [2.75, 3.05) is 12.9 Å². The second-order valence-corrected chi connectivity index (χ2v) is 5.37. The van der Waals surface area contributed by atoms with Crippen LogP contribution in [0.25, 0.3) is 11.0 Å². The van der Waals surface area contributed by atoms with E-state index in [1.54, 1.807) is 10.8 Å². The summed E-state index contributed by atoms with van der Waals surface area (Å²) in [6, 6.07) is 1.84. The van der Waals surface area contributed by atoms with Gasteiger partial charge in [0.2, 0.25) is 0 Å². The molecular formula is C12H15N3O4S. The fourth-order valence-electron chi connectivity index (χ4n) is 2.43. The number of fused-ring (bicyclic) bond motifs is 1. The molecule has 1 aliphatic heterocycles. The van der Waals surface area contributed by atoms with Crippen molar-refractivity contribution in [3.63, 3.8) is 0 Å². The van der Waals surface area contributed by atoms with Crippen LogP contribution in [0.1, 0.15) is 6.23 Å². The smallest absolute Gasteiger partial charge is 0.164 e. The lowest BCUT2D eigenvalue weighted by Crippen LogP contribution is -2.33. The van der Waals surface area contributed by atoms with E-state index >= 15 is 0 Å². The average Bonchev–Trinajstić information content (AvgIpc) is 3.01. The molecule has 3 N–H and O–H groups in total. The standard InChI is InChI=1S/C12H15N3O4S/c1-20-11-6-2-3-15(10(6)13-5-14-11)12-9(18)8(17)7(4-16)19-12/h2-3,5,7-9,12,16-18H,4H2,1H3/t7-,8+,9-,12+/m0/s1. The summed E-state index contributed by atoms with van der Waals surface area (Å²) < 4.78 is 7.16. The molecule has 0 unspecified atom stereocenters. The van der Waals surface area contributed by atoms with E-state index in [1.807, 2.05) is 12.3 Å². The predicted octanol–water partition coefficient (Wildman–Crippen LogP) is -0.235. The molecule has 1 aliphatic rings. The highest BCUT2D eigenvalue weighted by atomic mass is 32.2. The third-order valence-corrected chi connectivity index (χ3v) is 4.17. The maximum absolute atomic E-state index is 10.1. The normalized spacial score (nSPS) is 30.2. The van der Waals surface area contributed by atoms with Crippen molar-refractivity contribution in [2.45, 2.75) is 29.6 Å². The number of nitrogens with zero attached hydrogens (tertiary/aromatic N) is 3. The summed E-state index contributed by atoms with van der Waals surface area (Å²) in [7, 11) is 0. The van der Waals surface area contributed by atoms with Gasteiger partial charge in [-0.1, -0.05) is 0 Å². The van der Waals surface area contributed by atoms with Gasteiger partial charge < -0.3 is 24.6 Å². The number of aliphatic hydroxyl groups excluding tert-OH is 3. The van der Waals surface area contributed by atoms with Crippen LogP contribution in [0.5, 0.6) is 0 Å². The van der Waals surface area contributed by atoms with E-state index in [4.69, 9.17) is 9.84 Å². The van der Waals surface area contributed by atoms with Gasteiger partial charge in [0.05, 0.1) is 12.0 Å². The molecule has 108 valence electrons. The van der Waals surface area contributed by atoms with Crippen LogP contribution in [0.3, 0.4) is 0 Å². The van der Waals surface area contributed by atoms with E-state index in [0.717, 1.165) is 10.4 Å². The molecule has 8 heteroatoms. The Balaban J connectivity index is 2.03. The zero-order chi connectivity index (χ0) is 14.3. The van der Waals surface area contributed by atoms with Crippen LogP contribution in [0, 0.1) is 0 Å². The number of aromatic nitrogens is 3. The van der Waals surface area contributed by atoms with Crippen LogP contribution in [-0.2, 0) is 4.74 Å². The van der Waals surface area contributed by atoms with Gasteiger partial charge in [-0.05, 0) is 12.3 Å². The van der Waals surface area contributed by atoms with Gasteiger partial charge in [-0.15, -0.1) is 11.8 Å². The number of hydrogen-bond acceptors (Lipinski definition) is 7. The van der Waals surface area contributed by atoms with Gasteiger partial charge in [0.1, 0.15) is 35.3 Å². The molecule has 0 radical (unpaired) electrons. The zero-order valence-electron chi connectivity index (χ0n) is 10.7. The monoisotopic (exact) mass is 297 g/mol. The fourth-order valence-corrected chi connectivity index (χ4v) is 2.96. The molecule has 0 saturated carbocycles. The van der Waals surface area contributed by atoms with Crippen molar-refractivity contribution >= 4 is 22.8 Å². The number of hydrogen-bond donors (Lipinski definition) is 3. The van der Waals surface area contributed by atoms with Crippen LogP contribution in [0.4, 0.5) is 0 Å². The Morgan fingerprint density at radius 2 is 2.15 bits per heavy atom. The zero-order valence-corrected chi connectivity index (χ0v) is 11.6. The molecular weight excluding hydrogens is 282 g/mol. The van der Waals surface area contributed by atoms with E-state index in [9.17, 15) is 10.2 Å². The van der Waals surface area contributed by atoms with Crippen molar-refractivity contribution < 1.29 is 20.1 Å². The molecule has 3 rings (SSSR count). The highest BCUT2D eigenvalue weighted by Crippen LogP contribution is 2.33. The van der Waals surface area contributed by atoms with E-state index < -0.39 is 24.5 Å². The molecule has 7 nitrogen and oxygen atoms in total. The lowest BCUT2D eigenvalue weighted by atomic mass is 10.1. The van der Waals surface area contributed by atoms with Gasteiger partial charge in [0.25, 0.3) is 0 Å². The summed E-state index contributed by atoms with van der Waals surface area (Å²) in [4.78, 5) is 8.38. The molecule has 1 fully saturated rings. The quantitative estimate of drug-likeness (QED) is 0.531. The Kier molecular flexibility index (Phi) is 3.65. The van der Waals surface area contributed by atoms with E-state index in [2.05, 4.69) is 9.97 Å². The molecule has 3 heterocycles. The molecule has 20 heavy (non-hydrogen) atoms. The van der Waals surface area contributed by atoms with Crippen molar-refractivity contribution in [1.82, 2.24) is 14.5 Å². The summed E-state index contributed by atoms with van der Waals surface area (Å²) in [5.74, 6) is 0. The van der Waals surface area contributed by atoms with Crippen LogP contribution >= 0.6 is 11.8 Å². The third kappa shape index (κ3) is 2.00. The molecule has 4 atom stereocenters.